The van der Waals surface area contributed by atoms with E-state index in [0.717, 1.165) is 18.3 Å². The number of pyridine rings is 1. The van der Waals surface area contributed by atoms with Crippen LogP contribution in [0.1, 0.15) is 5.56 Å². The molecule has 0 aliphatic carbocycles. The predicted octanol–water partition coefficient (Wildman–Crippen LogP) is 4.65. The Kier molecular flexibility index (Phi) is 4.35. The lowest BCUT2D eigenvalue weighted by molar-refractivity contribution is -0.137. The third-order valence-electron chi connectivity index (χ3n) is 4.36. The van der Waals surface area contributed by atoms with Gasteiger partial charge in [-0.3, -0.25) is 9.38 Å². The molecule has 4 aromatic heterocycles. The number of fused-ring (bicyclic) bond motifs is 1. The molecule has 31 heavy (non-hydrogen) atoms. The summed E-state index contributed by atoms with van der Waals surface area (Å²) in [5, 5.41) is 4.00. The summed E-state index contributed by atoms with van der Waals surface area (Å²) in [4.78, 5) is 16.3. The molecular formula is C20H11F3N6O2. The van der Waals surface area contributed by atoms with Crippen LogP contribution in [0.5, 0.6) is 11.6 Å². The van der Waals surface area contributed by atoms with Crippen molar-refractivity contribution in [2.24, 2.45) is 0 Å². The van der Waals surface area contributed by atoms with Gasteiger partial charge in [0, 0.05) is 30.2 Å². The second kappa shape index (κ2) is 7.20. The molecule has 8 nitrogen and oxygen atoms in total. The van der Waals surface area contributed by atoms with Gasteiger partial charge in [0.05, 0.1) is 18.0 Å². The summed E-state index contributed by atoms with van der Waals surface area (Å²) in [7, 11) is 0. The minimum atomic E-state index is -4.45. The fraction of sp³-hybridized carbons (Fsp3) is 0.0500. The molecule has 0 fully saturated rings. The van der Waals surface area contributed by atoms with Crippen LogP contribution < -0.4 is 4.74 Å². The number of hydrogen-bond donors (Lipinski definition) is 0. The molecule has 0 saturated heterocycles. The molecular weight excluding hydrogens is 413 g/mol. The number of hydrogen-bond acceptors (Lipinski definition) is 7. The van der Waals surface area contributed by atoms with Crippen molar-refractivity contribution in [3.05, 3.63) is 72.9 Å². The molecule has 0 spiro atoms. The Bertz CT molecular complexity index is 1340. The molecule has 0 amide bonds. The van der Waals surface area contributed by atoms with Gasteiger partial charge < -0.3 is 9.26 Å². The van der Waals surface area contributed by atoms with E-state index in [9.17, 15) is 13.2 Å². The molecule has 11 heteroatoms. The van der Waals surface area contributed by atoms with Crippen molar-refractivity contribution < 1.29 is 22.4 Å². The topological polar surface area (TPSA) is 91.2 Å². The van der Waals surface area contributed by atoms with E-state index in [1.807, 2.05) is 0 Å². The van der Waals surface area contributed by atoms with Crippen LogP contribution in [0.25, 0.3) is 28.6 Å². The highest BCUT2D eigenvalue weighted by Crippen LogP contribution is 2.30. The molecule has 0 atom stereocenters. The van der Waals surface area contributed by atoms with Crippen molar-refractivity contribution in [1.82, 2.24) is 29.5 Å². The average Bonchev–Trinajstić information content (AvgIpc) is 3.41. The van der Waals surface area contributed by atoms with Crippen molar-refractivity contribution >= 4 is 5.65 Å². The molecule has 0 N–H and O–H groups in total. The van der Waals surface area contributed by atoms with Crippen LogP contribution in [0.15, 0.2) is 71.9 Å². The Hall–Kier alpha value is -4.28. The number of benzene rings is 1. The van der Waals surface area contributed by atoms with Crippen molar-refractivity contribution in [3.8, 4) is 34.6 Å². The predicted molar refractivity (Wildman–Crippen MR) is 101 cm³/mol. The van der Waals surface area contributed by atoms with E-state index in [1.165, 1.54) is 0 Å². The molecule has 0 unspecified atom stereocenters. The zero-order valence-electron chi connectivity index (χ0n) is 15.5. The van der Waals surface area contributed by atoms with Gasteiger partial charge >= 0.3 is 6.18 Å². The maximum atomic E-state index is 12.6. The summed E-state index contributed by atoms with van der Waals surface area (Å²) in [6.07, 6.45) is 2.89. The number of imidazole rings is 1. The van der Waals surface area contributed by atoms with Crippen LogP contribution in [0.4, 0.5) is 13.2 Å². The highest BCUT2D eigenvalue weighted by molar-refractivity contribution is 5.60. The first-order valence-electron chi connectivity index (χ1n) is 8.90. The first kappa shape index (κ1) is 18.7. The normalized spacial score (nSPS) is 11.7. The Morgan fingerprint density at radius 3 is 2.52 bits per heavy atom. The van der Waals surface area contributed by atoms with E-state index in [2.05, 4.69) is 25.1 Å². The van der Waals surface area contributed by atoms with Gasteiger partial charge in [0.25, 0.3) is 5.89 Å². The van der Waals surface area contributed by atoms with Crippen LogP contribution >= 0.6 is 0 Å². The van der Waals surface area contributed by atoms with Crippen LogP contribution in [-0.2, 0) is 6.18 Å². The van der Waals surface area contributed by atoms with Gasteiger partial charge in [-0.25, -0.2) is 9.97 Å². The van der Waals surface area contributed by atoms with Crippen molar-refractivity contribution in [1.29, 1.82) is 0 Å². The number of halogens is 3. The smallest absolute Gasteiger partial charge is 0.417 e. The first-order chi connectivity index (χ1) is 15.0. The summed E-state index contributed by atoms with van der Waals surface area (Å²) >= 11 is 0. The van der Waals surface area contributed by atoms with Gasteiger partial charge in [-0.15, -0.1) is 0 Å². The van der Waals surface area contributed by atoms with E-state index in [1.54, 1.807) is 53.5 Å². The fourth-order valence-electron chi connectivity index (χ4n) is 2.85. The summed E-state index contributed by atoms with van der Waals surface area (Å²) in [6.45, 7) is 0. The van der Waals surface area contributed by atoms with Gasteiger partial charge in [-0.05, 0) is 30.3 Å². The highest BCUT2D eigenvalue weighted by Gasteiger charge is 2.30. The zero-order chi connectivity index (χ0) is 21.4. The van der Waals surface area contributed by atoms with E-state index in [0.29, 0.717) is 34.4 Å². The maximum Gasteiger partial charge on any atom is 0.417 e. The van der Waals surface area contributed by atoms with Gasteiger partial charge in [0.15, 0.2) is 5.65 Å². The van der Waals surface area contributed by atoms with Gasteiger partial charge in [-0.1, -0.05) is 5.16 Å². The SMILES string of the molecule is FC(F)(F)c1ccc(Oc2ccc(-c3nc(-c4cnc5cnccn45)no3)cc2)nc1. The zero-order valence-corrected chi connectivity index (χ0v) is 15.5. The van der Waals surface area contributed by atoms with Gasteiger partial charge in [0.2, 0.25) is 11.7 Å². The van der Waals surface area contributed by atoms with Crippen LogP contribution in [0.2, 0.25) is 0 Å². The van der Waals surface area contributed by atoms with E-state index >= 15 is 0 Å². The molecule has 0 saturated carbocycles. The second-order valence-corrected chi connectivity index (χ2v) is 6.38. The number of alkyl halides is 3. The molecule has 154 valence electrons. The highest BCUT2D eigenvalue weighted by atomic mass is 19.4. The second-order valence-electron chi connectivity index (χ2n) is 6.38. The molecule has 4 heterocycles. The number of aromatic nitrogens is 6. The van der Waals surface area contributed by atoms with Crippen molar-refractivity contribution in [3.63, 3.8) is 0 Å². The van der Waals surface area contributed by atoms with Crippen LogP contribution in [0, 0.1) is 0 Å². The Morgan fingerprint density at radius 1 is 0.935 bits per heavy atom. The molecule has 5 aromatic rings. The fourth-order valence-corrected chi connectivity index (χ4v) is 2.85. The third kappa shape index (κ3) is 3.68. The molecule has 0 bridgehead atoms. The lowest BCUT2D eigenvalue weighted by Crippen LogP contribution is -2.05. The van der Waals surface area contributed by atoms with Crippen LogP contribution in [0.3, 0.4) is 0 Å². The van der Waals surface area contributed by atoms with Crippen molar-refractivity contribution in [2.75, 3.05) is 0 Å². The molecule has 0 aliphatic rings. The minimum absolute atomic E-state index is 0.0444. The monoisotopic (exact) mass is 424 g/mol. The largest absolute Gasteiger partial charge is 0.439 e. The van der Waals surface area contributed by atoms with Crippen LogP contribution in [-0.4, -0.2) is 29.5 Å². The Morgan fingerprint density at radius 2 is 1.77 bits per heavy atom. The number of nitrogens with zero attached hydrogens (tertiary/aromatic N) is 6. The van der Waals surface area contributed by atoms with Gasteiger partial charge in [-0.2, -0.15) is 18.2 Å². The van der Waals surface area contributed by atoms with E-state index in [-0.39, 0.29) is 5.88 Å². The number of rotatable bonds is 4. The molecule has 1 aromatic carbocycles. The number of ether oxygens (including phenoxy) is 1. The summed E-state index contributed by atoms with van der Waals surface area (Å²) in [6, 6.07) is 8.69. The summed E-state index contributed by atoms with van der Waals surface area (Å²) in [5.74, 6) is 1.09. The molecule has 0 radical (unpaired) electrons. The Balaban J connectivity index is 1.34. The maximum absolute atomic E-state index is 12.6. The molecule has 0 aliphatic heterocycles. The molecule has 5 rings (SSSR count). The first-order valence-corrected chi connectivity index (χ1v) is 8.90. The summed E-state index contributed by atoms with van der Waals surface area (Å²) in [5.41, 5.74) is 1.11. The van der Waals surface area contributed by atoms with E-state index in [4.69, 9.17) is 9.26 Å². The average molecular weight is 424 g/mol. The van der Waals surface area contributed by atoms with Gasteiger partial charge in [0.1, 0.15) is 11.4 Å². The van der Waals surface area contributed by atoms with Crippen molar-refractivity contribution in [2.45, 2.75) is 6.18 Å². The standard InChI is InChI=1S/C20H11F3N6O2/c21-20(22,23)13-3-6-17(26-9-13)30-14-4-1-12(2-5-14)19-27-18(28-31-19)15-10-25-16-11-24-7-8-29(15)16/h1-11H. The summed E-state index contributed by atoms with van der Waals surface area (Å²) < 4.78 is 50.5. The third-order valence-corrected chi connectivity index (χ3v) is 4.36. The van der Waals surface area contributed by atoms with E-state index < -0.39 is 11.7 Å². The lowest BCUT2D eigenvalue weighted by Gasteiger charge is -2.08. The lowest BCUT2D eigenvalue weighted by atomic mass is 10.2. The minimum Gasteiger partial charge on any atom is -0.439 e. The quantitative estimate of drug-likeness (QED) is 0.415. The Labute approximate surface area is 172 Å².